The third-order valence-electron chi connectivity index (χ3n) is 1.76. The average molecular weight is 183 g/mol. The molecule has 0 bridgehead atoms. The molecule has 13 heavy (non-hydrogen) atoms. The van der Waals surface area contributed by atoms with Crippen LogP contribution in [0.25, 0.3) is 0 Å². The minimum absolute atomic E-state index is 0.259. The van der Waals surface area contributed by atoms with Crippen LogP contribution in [-0.2, 0) is 0 Å². The van der Waals surface area contributed by atoms with E-state index in [4.69, 9.17) is 4.74 Å². The number of benzene rings is 1. The number of aryl methyl sites for hydroxylation is 1. The van der Waals surface area contributed by atoms with Gasteiger partial charge < -0.3 is 10.1 Å². The van der Waals surface area contributed by atoms with Crippen molar-refractivity contribution in [1.29, 1.82) is 0 Å². The predicted octanol–water partition coefficient (Wildman–Crippen LogP) is 1.73. The summed E-state index contributed by atoms with van der Waals surface area (Å²) in [6.07, 6.45) is 0. The lowest BCUT2D eigenvalue weighted by molar-refractivity contribution is 0.314. The molecule has 0 aliphatic heterocycles. The standard InChI is InChI=1S/C10H14FNO/c1-8-3-4-9(11)7-10(8)13-6-5-12-2/h3-4,7,12H,5-6H2,1-2H3. The van der Waals surface area contributed by atoms with Crippen LogP contribution in [0.1, 0.15) is 5.56 Å². The Kier molecular flexibility index (Phi) is 3.71. The molecule has 0 saturated heterocycles. The average Bonchev–Trinajstić information content (AvgIpc) is 2.11. The van der Waals surface area contributed by atoms with E-state index in [-0.39, 0.29) is 5.82 Å². The molecule has 0 fully saturated rings. The second-order valence-corrected chi connectivity index (χ2v) is 2.86. The Morgan fingerprint density at radius 3 is 2.92 bits per heavy atom. The van der Waals surface area contributed by atoms with Crippen LogP contribution in [0.4, 0.5) is 4.39 Å². The molecule has 0 unspecified atom stereocenters. The molecule has 3 heteroatoms. The number of halogens is 1. The number of rotatable bonds is 4. The Labute approximate surface area is 77.7 Å². The smallest absolute Gasteiger partial charge is 0.126 e. The molecule has 0 atom stereocenters. The van der Waals surface area contributed by atoms with Gasteiger partial charge in [-0.1, -0.05) is 6.07 Å². The Bertz CT molecular complexity index is 276. The van der Waals surface area contributed by atoms with E-state index in [0.717, 1.165) is 12.1 Å². The number of hydrogen-bond acceptors (Lipinski definition) is 2. The summed E-state index contributed by atoms with van der Waals surface area (Å²) in [5, 5.41) is 2.95. The van der Waals surface area contributed by atoms with E-state index in [1.54, 1.807) is 6.07 Å². The van der Waals surface area contributed by atoms with Gasteiger partial charge in [0.1, 0.15) is 18.2 Å². The summed E-state index contributed by atoms with van der Waals surface area (Å²) in [4.78, 5) is 0. The van der Waals surface area contributed by atoms with Gasteiger partial charge in [0.2, 0.25) is 0 Å². The van der Waals surface area contributed by atoms with Crippen molar-refractivity contribution >= 4 is 0 Å². The van der Waals surface area contributed by atoms with E-state index >= 15 is 0 Å². The zero-order valence-corrected chi connectivity index (χ0v) is 7.93. The van der Waals surface area contributed by atoms with Crippen LogP contribution in [0.15, 0.2) is 18.2 Å². The zero-order valence-electron chi connectivity index (χ0n) is 7.93. The summed E-state index contributed by atoms with van der Waals surface area (Å²) in [5.74, 6) is 0.361. The van der Waals surface area contributed by atoms with Crippen LogP contribution in [0.2, 0.25) is 0 Å². The number of nitrogens with one attached hydrogen (secondary N) is 1. The molecule has 1 aromatic carbocycles. The van der Waals surface area contributed by atoms with Gasteiger partial charge in [0, 0.05) is 12.6 Å². The summed E-state index contributed by atoms with van der Waals surface area (Å²) >= 11 is 0. The third-order valence-corrected chi connectivity index (χ3v) is 1.76. The minimum atomic E-state index is -0.259. The Hall–Kier alpha value is -1.09. The topological polar surface area (TPSA) is 21.3 Å². The highest BCUT2D eigenvalue weighted by molar-refractivity contribution is 5.32. The minimum Gasteiger partial charge on any atom is -0.492 e. The highest BCUT2D eigenvalue weighted by Crippen LogP contribution is 2.18. The monoisotopic (exact) mass is 183 g/mol. The Morgan fingerprint density at radius 2 is 2.23 bits per heavy atom. The van der Waals surface area contributed by atoms with Crippen molar-refractivity contribution in [3.63, 3.8) is 0 Å². The van der Waals surface area contributed by atoms with Crippen molar-refractivity contribution < 1.29 is 9.13 Å². The SMILES string of the molecule is CNCCOc1cc(F)ccc1C. The molecule has 2 nitrogen and oxygen atoms in total. The van der Waals surface area contributed by atoms with Crippen molar-refractivity contribution in [3.8, 4) is 5.75 Å². The Balaban J connectivity index is 2.59. The predicted molar refractivity (Wildman–Crippen MR) is 50.6 cm³/mol. The summed E-state index contributed by atoms with van der Waals surface area (Å²) in [6, 6.07) is 4.55. The first kappa shape index (κ1) is 9.99. The lowest BCUT2D eigenvalue weighted by atomic mass is 10.2. The summed E-state index contributed by atoms with van der Waals surface area (Å²) in [7, 11) is 1.85. The van der Waals surface area contributed by atoms with Crippen LogP contribution in [0, 0.1) is 12.7 Å². The van der Waals surface area contributed by atoms with Gasteiger partial charge in [0.05, 0.1) is 0 Å². The van der Waals surface area contributed by atoms with Gasteiger partial charge in [0.15, 0.2) is 0 Å². The van der Waals surface area contributed by atoms with Crippen LogP contribution < -0.4 is 10.1 Å². The maximum atomic E-state index is 12.8. The van der Waals surface area contributed by atoms with E-state index in [1.165, 1.54) is 12.1 Å². The van der Waals surface area contributed by atoms with Crippen LogP contribution in [0.5, 0.6) is 5.75 Å². The molecule has 0 aromatic heterocycles. The normalized spacial score (nSPS) is 10.1. The molecular weight excluding hydrogens is 169 g/mol. The molecule has 0 saturated carbocycles. The highest BCUT2D eigenvalue weighted by atomic mass is 19.1. The number of ether oxygens (including phenoxy) is 1. The van der Waals surface area contributed by atoms with Crippen LogP contribution >= 0.6 is 0 Å². The van der Waals surface area contributed by atoms with Crippen molar-refractivity contribution in [2.24, 2.45) is 0 Å². The summed E-state index contributed by atoms with van der Waals surface area (Å²) in [6.45, 7) is 3.21. The first-order chi connectivity index (χ1) is 6.24. The molecule has 1 N–H and O–H groups in total. The molecule has 0 heterocycles. The van der Waals surface area contributed by atoms with Gasteiger partial charge in [0.25, 0.3) is 0 Å². The molecule has 0 aliphatic carbocycles. The largest absolute Gasteiger partial charge is 0.492 e. The van der Waals surface area contributed by atoms with Crippen LogP contribution in [-0.4, -0.2) is 20.2 Å². The van der Waals surface area contributed by atoms with E-state index in [9.17, 15) is 4.39 Å². The number of hydrogen-bond donors (Lipinski definition) is 1. The first-order valence-corrected chi connectivity index (χ1v) is 4.27. The fourth-order valence-corrected chi connectivity index (χ4v) is 0.992. The molecular formula is C10H14FNO. The molecule has 1 aromatic rings. The highest BCUT2D eigenvalue weighted by Gasteiger charge is 2.00. The van der Waals surface area contributed by atoms with E-state index < -0.39 is 0 Å². The summed E-state index contributed by atoms with van der Waals surface area (Å²) < 4.78 is 18.1. The molecule has 1 rings (SSSR count). The summed E-state index contributed by atoms with van der Waals surface area (Å²) in [5.41, 5.74) is 0.956. The Morgan fingerprint density at radius 1 is 1.46 bits per heavy atom. The lowest BCUT2D eigenvalue weighted by Crippen LogP contribution is -2.16. The first-order valence-electron chi connectivity index (χ1n) is 4.27. The van der Waals surface area contributed by atoms with Gasteiger partial charge in [-0.3, -0.25) is 0 Å². The van der Waals surface area contributed by atoms with E-state index in [2.05, 4.69) is 5.32 Å². The third kappa shape index (κ3) is 3.03. The van der Waals surface area contributed by atoms with E-state index in [0.29, 0.717) is 12.4 Å². The lowest BCUT2D eigenvalue weighted by Gasteiger charge is -2.08. The molecule has 0 amide bonds. The maximum absolute atomic E-state index is 12.8. The van der Waals surface area contributed by atoms with Crippen LogP contribution in [0.3, 0.4) is 0 Å². The van der Waals surface area contributed by atoms with Gasteiger partial charge in [-0.05, 0) is 25.6 Å². The number of likely N-dealkylation sites (N-methyl/N-ethyl adjacent to an activating group) is 1. The van der Waals surface area contributed by atoms with Gasteiger partial charge in [-0.15, -0.1) is 0 Å². The van der Waals surface area contributed by atoms with Crippen molar-refractivity contribution in [3.05, 3.63) is 29.6 Å². The fourth-order valence-electron chi connectivity index (χ4n) is 0.992. The second-order valence-electron chi connectivity index (χ2n) is 2.86. The fraction of sp³-hybridized carbons (Fsp3) is 0.400. The van der Waals surface area contributed by atoms with Gasteiger partial charge in [-0.2, -0.15) is 0 Å². The molecule has 72 valence electrons. The van der Waals surface area contributed by atoms with Gasteiger partial charge >= 0.3 is 0 Å². The molecule has 0 radical (unpaired) electrons. The molecule has 0 aliphatic rings. The van der Waals surface area contributed by atoms with Crippen molar-refractivity contribution in [2.45, 2.75) is 6.92 Å². The quantitative estimate of drug-likeness (QED) is 0.718. The second kappa shape index (κ2) is 4.82. The van der Waals surface area contributed by atoms with Gasteiger partial charge in [-0.25, -0.2) is 4.39 Å². The van der Waals surface area contributed by atoms with Crippen molar-refractivity contribution in [2.75, 3.05) is 20.2 Å². The van der Waals surface area contributed by atoms with Crippen molar-refractivity contribution in [1.82, 2.24) is 5.32 Å². The molecule has 0 spiro atoms. The zero-order chi connectivity index (χ0) is 9.68. The maximum Gasteiger partial charge on any atom is 0.126 e. The van der Waals surface area contributed by atoms with E-state index in [1.807, 2.05) is 14.0 Å².